The highest BCUT2D eigenvalue weighted by Gasteiger charge is 2.23. The Morgan fingerprint density at radius 2 is 2.13 bits per heavy atom. The highest BCUT2D eigenvalue weighted by molar-refractivity contribution is 5.81. The molecule has 0 bridgehead atoms. The minimum atomic E-state index is -0.351. The van der Waals surface area contributed by atoms with E-state index in [-0.39, 0.29) is 17.4 Å². The summed E-state index contributed by atoms with van der Waals surface area (Å²) in [6.07, 6.45) is 3.68. The molecule has 1 N–H and O–H groups in total. The molecule has 84 valence electrons. The van der Waals surface area contributed by atoms with Crippen LogP contribution in [0.4, 0.5) is 0 Å². The zero-order valence-corrected chi connectivity index (χ0v) is 10.0. The molecule has 0 spiro atoms. The average molecular weight is 209 g/mol. The van der Waals surface area contributed by atoms with E-state index in [1.54, 1.807) is 10.9 Å². The van der Waals surface area contributed by atoms with Crippen molar-refractivity contribution in [2.75, 3.05) is 0 Å². The summed E-state index contributed by atoms with van der Waals surface area (Å²) in [7, 11) is 1.86. The number of nitrogens with one attached hydrogen (secondary N) is 1. The molecule has 0 aliphatic rings. The van der Waals surface area contributed by atoms with Gasteiger partial charge in [0.2, 0.25) is 5.91 Å². The third-order valence-corrected chi connectivity index (χ3v) is 2.25. The maximum atomic E-state index is 11.7. The van der Waals surface area contributed by atoms with Crippen molar-refractivity contribution >= 4 is 5.91 Å². The first kappa shape index (κ1) is 11.8. The lowest BCUT2D eigenvalue weighted by molar-refractivity contribution is -0.129. The molecule has 0 fully saturated rings. The molecule has 1 aromatic rings. The van der Waals surface area contributed by atoms with Crippen LogP contribution in [0.25, 0.3) is 0 Å². The number of carbonyl (C=O) groups is 1. The normalized spacial score (nSPS) is 13.7. The van der Waals surface area contributed by atoms with Crippen molar-refractivity contribution in [3.05, 3.63) is 18.0 Å². The Hall–Kier alpha value is -1.32. The van der Waals surface area contributed by atoms with Crippen LogP contribution in [-0.4, -0.2) is 15.7 Å². The van der Waals surface area contributed by atoms with Crippen molar-refractivity contribution in [1.82, 2.24) is 15.1 Å². The smallest absolute Gasteiger partial charge is 0.225 e. The van der Waals surface area contributed by atoms with E-state index in [1.165, 1.54) is 0 Å². The number of nitrogens with zero attached hydrogens (tertiary/aromatic N) is 2. The molecule has 0 aromatic carbocycles. The van der Waals surface area contributed by atoms with Crippen molar-refractivity contribution < 1.29 is 4.79 Å². The topological polar surface area (TPSA) is 46.9 Å². The van der Waals surface area contributed by atoms with Crippen LogP contribution in [0.15, 0.2) is 12.4 Å². The first-order valence-corrected chi connectivity index (χ1v) is 5.10. The molecule has 1 atom stereocenters. The minimum absolute atomic E-state index is 0.00502. The van der Waals surface area contributed by atoms with Gasteiger partial charge in [0.25, 0.3) is 0 Å². The molecule has 1 unspecified atom stereocenters. The summed E-state index contributed by atoms with van der Waals surface area (Å²) in [6, 6.07) is 0.00502. The molecular formula is C11H19N3O. The lowest BCUT2D eigenvalue weighted by Gasteiger charge is -2.21. The van der Waals surface area contributed by atoms with E-state index in [4.69, 9.17) is 0 Å². The molecular weight excluding hydrogens is 190 g/mol. The van der Waals surface area contributed by atoms with Crippen molar-refractivity contribution in [3.8, 4) is 0 Å². The quantitative estimate of drug-likeness (QED) is 0.805. The van der Waals surface area contributed by atoms with Gasteiger partial charge in [0.05, 0.1) is 12.2 Å². The number of aryl methyl sites for hydroxylation is 1. The van der Waals surface area contributed by atoms with Gasteiger partial charge in [0.1, 0.15) is 0 Å². The fourth-order valence-corrected chi connectivity index (χ4v) is 1.16. The first-order chi connectivity index (χ1) is 6.80. The highest BCUT2D eigenvalue weighted by Crippen LogP contribution is 2.17. The predicted octanol–water partition coefficient (Wildman–Crippen LogP) is 1.64. The van der Waals surface area contributed by atoms with Gasteiger partial charge in [-0.15, -0.1) is 0 Å². The third kappa shape index (κ3) is 3.08. The van der Waals surface area contributed by atoms with E-state index in [1.807, 2.05) is 40.9 Å². The Bertz CT molecular complexity index is 349. The lowest BCUT2D eigenvalue weighted by Crippen LogP contribution is -2.36. The monoisotopic (exact) mass is 209 g/mol. The average Bonchev–Trinajstić information content (AvgIpc) is 2.50. The standard InChI is InChI=1S/C11H19N3O/c1-8(9-6-12-14(5)7-9)13-10(15)11(2,3)4/h6-8H,1-5H3,(H,13,15). The molecule has 0 aliphatic carbocycles. The van der Waals surface area contributed by atoms with Crippen LogP contribution < -0.4 is 5.32 Å². The number of carbonyl (C=O) groups excluding carboxylic acids is 1. The molecule has 0 saturated carbocycles. The number of amides is 1. The molecule has 0 aliphatic heterocycles. The van der Waals surface area contributed by atoms with Gasteiger partial charge in [-0.3, -0.25) is 9.48 Å². The van der Waals surface area contributed by atoms with Gasteiger partial charge in [-0.25, -0.2) is 0 Å². The minimum Gasteiger partial charge on any atom is -0.349 e. The summed E-state index contributed by atoms with van der Waals surface area (Å²) in [5.41, 5.74) is 0.673. The SMILES string of the molecule is CC(NC(=O)C(C)(C)C)c1cnn(C)c1. The van der Waals surface area contributed by atoms with E-state index < -0.39 is 0 Å². The number of hydrogen-bond acceptors (Lipinski definition) is 2. The van der Waals surface area contributed by atoms with Crippen molar-refractivity contribution in [3.63, 3.8) is 0 Å². The molecule has 4 nitrogen and oxygen atoms in total. The number of aromatic nitrogens is 2. The lowest BCUT2D eigenvalue weighted by atomic mass is 9.95. The maximum Gasteiger partial charge on any atom is 0.225 e. The fraction of sp³-hybridized carbons (Fsp3) is 0.636. The summed E-state index contributed by atoms with van der Waals surface area (Å²) in [4.78, 5) is 11.7. The molecule has 1 rings (SSSR count). The summed E-state index contributed by atoms with van der Waals surface area (Å²) in [5, 5.41) is 7.03. The Labute approximate surface area is 90.7 Å². The van der Waals surface area contributed by atoms with E-state index in [0.29, 0.717) is 0 Å². The van der Waals surface area contributed by atoms with Gasteiger partial charge in [0.15, 0.2) is 0 Å². The summed E-state index contributed by atoms with van der Waals surface area (Å²) >= 11 is 0. The molecule has 4 heteroatoms. The summed E-state index contributed by atoms with van der Waals surface area (Å²) in [6.45, 7) is 7.66. The second-order valence-corrected chi connectivity index (χ2v) is 4.89. The molecule has 1 heterocycles. The summed E-state index contributed by atoms with van der Waals surface area (Å²) in [5.74, 6) is 0.0545. The van der Waals surface area contributed by atoms with E-state index in [9.17, 15) is 4.79 Å². The van der Waals surface area contributed by atoms with Crippen LogP contribution in [0, 0.1) is 5.41 Å². The predicted molar refractivity (Wildman–Crippen MR) is 59.2 cm³/mol. The Morgan fingerprint density at radius 1 is 1.53 bits per heavy atom. The van der Waals surface area contributed by atoms with Gasteiger partial charge in [-0.05, 0) is 6.92 Å². The second-order valence-electron chi connectivity index (χ2n) is 4.89. The number of rotatable bonds is 2. The van der Waals surface area contributed by atoms with Gasteiger partial charge < -0.3 is 5.32 Å². The van der Waals surface area contributed by atoms with Gasteiger partial charge >= 0.3 is 0 Å². The summed E-state index contributed by atoms with van der Waals surface area (Å²) < 4.78 is 1.73. The fourth-order valence-electron chi connectivity index (χ4n) is 1.16. The Morgan fingerprint density at radius 3 is 2.53 bits per heavy atom. The molecule has 0 saturated heterocycles. The van der Waals surface area contributed by atoms with Crippen LogP contribution >= 0.6 is 0 Å². The van der Waals surface area contributed by atoms with Gasteiger partial charge in [-0.1, -0.05) is 20.8 Å². The van der Waals surface area contributed by atoms with Crippen LogP contribution in [0.1, 0.15) is 39.3 Å². The molecule has 15 heavy (non-hydrogen) atoms. The molecule has 1 amide bonds. The van der Waals surface area contributed by atoms with Crippen LogP contribution in [-0.2, 0) is 11.8 Å². The Balaban J connectivity index is 2.64. The highest BCUT2D eigenvalue weighted by atomic mass is 16.2. The maximum absolute atomic E-state index is 11.7. The van der Waals surface area contributed by atoms with Gasteiger partial charge in [-0.2, -0.15) is 5.10 Å². The van der Waals surface area contributed by atoms with E-state index >= 15 is 0 Å². The zero-order valence-electron chi connectivity index (χ0n) is 10.0. The van der Waals surface area contributed by atoms with Crippen LogP contribution in [0.2, 0.25) is 0 Å². The van der Waals surface area contributed by atoms with Crippen LogP contribution in [0.5, 0.6) is 0 Å². The second kappa shape index (κ2) is 4.04. The molecule has 1 aromatic heterocycles. The van der Waals surface area contributed by atoms with E-state index in [0.717, 1.165) is 5.56 Å². The number of hydrogen-bond donors (Lipinski definition) is 1. The van der Waals surface area contributed by atoms with E-state index in [2.05, 4.69) is 10.4 Å². The van der Waals surface area contributed by atoms with Crippen molar-refractivity contribution in [1.29, 1.82) is 0 Å². The van der Waals surface area contributed by atoms with Gasteiger partial charge in [0, 0.05) is 24.2 Å². The van der Waals surface area contributed by atoms with Crippen molar-refractivity contribution in [2.45, 2.75) is 33.7 Å². The third-order valence-electron chi connectivity index (χ3n) is 2.25. The molecule has 0 radical (unpaired) electrons. The van der Waals surface area contributed by atoms with Crippen molar-refractivity contribution in [2.24, 2.45) is 12.5 Å². The Kier molecular flexibility index (Phi) is 3.17. The van der Waals surface area contributed by atoms with Crippen LogP contribution in [0.3, 0.4) is 0 Å². The largest absolute Gasteiger partial charge is 0.349 e. The zero-order chi connectivity index (χ0) is 11.6. The first-order valence-electron chi connectivity index (χ1n) is 5.10.